The van der Waals surface area contributed by atoms with Crippen molar-refractivity contribution >= 4 is 28.3 Å². The van der Waals surface area contributed by atoms with Crippen molar-refractivity contribution in [3.05, 3.63) is 28.5 Å². The van der Waals surface area contributed by atoms with Crippen molar-refractivity contribution < 1.29 is 0 Å². The van der Waals surface area contributed by atoms with Gasteiger partial charge in [0.1, 0.15) is 0 Å². The molecule has 0 saturated carbocycles. The number of hydrogen-bond donors (Lipinski definition) is 1. The standard InChI is InChI=1S/C10H14BrN3.ClH/c11-8-1-2-10(13-5-8)7-14-4-3-9(12)6-14;/h1-2,5,9H,3-4,6-7,12H2;1H. The molecule has 0 radical (unpaired) electrons. The predicted molar refractivity (Wildman–Crippen MR) is 67.1 cm³/mol. The molecule has 1 saturated heterocycles. The topological polar surface area (TPSA) is 42.1 Å². The van der Waals surface area contributed by atoms with Crippen LogP contribution in [-0.2, 0) is 6.54 Å². The maximum atomic E-state index is 5.83. The molecule has 2 heterocycles. The van der Waals surface area contributed by atoms with Crippen LogP contribution < -0.4 is 5.73 Å². The van der Waals surface area contributed by atoms with Crippen LogP contribution in [0.25, 0.3) is 0 Å². The van der Waals surface area contributed by atoms with E-state index in [0.29, 0.717) is 6.04 Å². The van der Waals surface area contributed by atoms with Crippen molar-refractivity contribution in [1.82, 2.24) is 9.88 Å². The average Bonchev–Trinajstić information content (AvgIpc) is 2.56. The van der Waals surface area contributed by atoms with Crippen molar-refractivity contribution in [3.8, 4) is 0 Å². The number of aromatic nitrogens is 1. The molecule has 1 aromatic heterocycles. The summed E-state index contributed by atoms with van der Waals surface area (Å²) in [7, 11) is 0. The highest BCUT2D eigenvalue weighted by atomic mass is 79.9. The van der Waals surface area contributed by atoms with E-state index in [4.69, 9.17) is 5.73 Å². The van der Waals surface area contributed by atoms with Crippen LogP contribution in [-0.4, -0.2) is 29.0 Å². The lowest BCUT2D eigenvalue weighted by Crippen LogP contribution is -2.26. The van der Waals surface area contributed by atoms with Crippen LogP contribution in [0.3, 0.4) is 0 Å². The van der Waals surface area contributed by atoms with Crippen LogP contribution in [0.5, 0.6) is 0 Å². The Morgan fingerprint density at radius 2 is 2.33 bits per heavy atom. The van der Waals surface area contributed by atoms with Crippen molar-refractivity contribution in [2.75, 3.05) is 13.1 Å². The molecule has 2 N–H and O–H groups in total. The summed E-state index contributed by atoms with van der Waals surface area (Å²) in [5.74, 6) is 0. The third kappa shape index (κ3) is 3.72. The quantitative estimate of drug-likeness (QED) is 0.904. The third-order valence-corrected chi connectivity index (χ3v) is 2.95. The summed E-state index contributed by atoms with van der Waals surface area (Å²) in [4.78, 5) is 6.69. The highest BCUT2D eigenvalue weighted by Gasteiger charge is 2.18. The number of halogens is 2. The van der Waals surface area contributed by atoms with Crippen molar-refractivity contribution in [1.29, 1.82) is 0 Å². The number of nitrogens with zero attached hydrogens (tertiary/aromatic N) is 2. The van der Waals surface area contributed by atoms with Crippen LogP contribution in [0.15, 0.2) is 22.8 Å². The summed E-state index contributed by atoms with van der Waals surface area (Å²) in [5, 5.41) is 0. The van der Waals surface area contributed by atoms with Gasteiger partial charge >= 0.3 is 0 Å². The second-order valence-corrected chi connectivity index (χ2v) is 4.67. The lowest BCUT2D eigenvalue weighted by atomic mass is 10.3. The molecule has 15 heavy (non-hydrogen) atoms. The van der Waals surface area contributed by atoms with Gasteiger partial charge in [-0.1, -0.05) is 0 Å². The summed E-state index contributed by atoms with van der Waals surface area (Å²) in [6.07, 6.45) is 2.95. The van der Waals surface area contributed by atoms with Gasteiger partial charge in [0.25, 0.3) is 0 Å². The molecule has 0 aromatic carbocycles. The molecular weight excluding hydrogens is 277 g/mol. The maximum absolute atomic E-state index is 5.83. The van der Waals surface area contributed by atoms with Crippen LogP contribution in [0.1, 0.15) is 12.1 Å². The fourth-order valence-corrected chi connectivity index (χ4v) is 1.97. The number of rotatable bonds is 2. The Hall–Kier alpha value is -0.160. The minimum absolute atomic E-state index is 0. The highest BCUT2D eigenvalue weighted by molar-refractivity contribution is 9.10. The predicted octanol–water partition coefficient (Wildman–Crippen LogP) is 1.80. The Balaban J connectivity index is 0.00000112. The molecule has 3 nitrogen and oxygen atoms in total. The van der Waals surface area contributed by atoms with Gasteiger partial charge in [-0.15, -0.1) is 12.4 Å². The monoisotopic (exact) mass is 291 g/mol. The Morgan fingerprint density at radius 3 is 2.87 bits per heavy atom. The van der Waals surface area contributed by atoms with E-state index in [-0.39, 0.29) is 12.4 Å². The smallest absolute Gasteiger partial charge is 0.0544 e. The molecule has 0 spiro atoms. The van der Waals surface area contributed by atoms with Crippen molar-refractivity contribution in [3.63, 3.8) is 0 Å². The summed E-state index contributed by atoms with van der Waals surface area (Å²) in [6.45, 7) is 3.01. The molecule has 1 unspecified atom stereocenters. The lowest BCUT2D eigenvalue weighted by molar-refractivity contribution is 0.323. The molecule has 84 valence electrons. The average molecular weight is 293 g/mol. The Labute approximate surface area is 105 Å². The van der Waals surface area contributed by atoms with Crippen molar-refractivity contribution in [2.45, 2.75) is 19.0 Å². The molecule has 0 bridgehead atoms. The second-order valence-electron chi connectivity index (χ2n) is 3.75. The molecule has 1 aliphatic heterocycles. The minimum Gasteiger partial charge on any atom is -0.326 e. The Bertz CT molecular complexity index is 304. The molecule has 0 amide bonds. The lowest BCUT2D eigenvalue weighted by Gasteiger charge is -2.14. The molecular formula is C10H15BrClN3. The van der Waals surface area contributed by atoms with Gasteiger partial charge in [-0.2, -0.15) is 0 Å². The summed E-state index contributed by atoms with van der Waals surface area (Å²) in [6, 6.07) is 4.43. The Kier molecular flexibility index (Phi) is 4.99. The number of hydrogen-bond acceptors (Lipinski definition) is 3. The van der Waals surface area contributed by atoms with Gasteiger partial charge in [-0.05, 0) is 34.5 Å². The normalized spacial score (nSPS) is 21.3. The second kappa shape index (κ2) is 5.80. The highest BCUT2D eigenvalue weighted by Crippen LogP contribution is 2.12. The largest absolute Gasteiger partial charge is 0.326 e. The zero-order valence-corrected chi connectivity index (χ0v) is 10.8. The van der Waals surface area contributed by atoms with Gasteiger partial charge < -0.3 is 5.73 Å². The molecule has 1 atom stereocenters. The summed E-state index contributed by atoms with van der Waals surface area (Å²) >= 11 is 3.37. The van der Waals surface area contributed by atoms with Crippen LogP contribution >= 0.6 is 28.3 Å². The first-order valence-electron chi connectivity index (χ1n) is 4.82. The first kappa shape index (κ1) is 12.9. The van der Waals surface area contributed by atoms with Gasteiger partial charge in [0.2, 0.25) is 0 Å². The van der Waals surface area contributed by atoms with E-state index in [1.54, 1.807) is 0 Å². The number of pyridine rings is 1. The Morgan fingerprint density at radius 1 is 1.53 bits per heavy atom. The van der Waals surface area contributed by atoms with E-state index in [0.717, 1.165) is 36.2 Å². The molecule has 0 aliphatic carbocycles. The van der Waals surface area contributed by atoms with Crippen LogP contribution in [0.4, 0.5) is 0 Å². The fraction of sp³-hybridized carbons (Fsp3) is 0.500. The fourth-order valence-electron chi connectivity index (χ4n) is 1.74. The maximum Gasteiger partial charge on any atom is 0.0544 e. The van der Waals surface area contributed by atoms with Gasteiger partial charge in [0.15, 0.2) is 0 Å². The molecule has 1 aromatic rings. The third-order valence-electron chi connectivity index (χ3n) is 2.48. The van der Waals surface area contributed by atoms with E-state index in [1.807, 2.05) is 18.3 Å². The number of nitrogens with two attached hydrogens (primary N) is 1. The van der Waals surface area contributed by atoms with Gasteiger partial charge in [-0.3, -0.25) is 9.88 Å². The molecule has 1 fully saturated rings. The van der Waals surface area contributed by atoms with E-state index >= 15 is 0 Å². The first-order chi connectivity index (χ1) is 6.74. The van der Waals surface area contributed by atoms with E-state index in [2.05, 4.69) is 25.8 Å². The van der Waals surface area contributed by atoms with Gasteiger partial charge in [-0.25, -0.2) is 0 Å². The van der Waals surface area contributed by atoms with Gasteiger partial charge in [0.05, 0.1) is 5.69 Å². The van der Waals surface area contributed by atoms with Crippen LogP contribution in [0, 0.1) is 0 Å². The van der Waals surface area contributed by atoms with E-state index in [9.17, 15) is 0 Å². The van der Waals surface area contributed by atoms with Crippen LogP contribution in [0.2, 0.25) is 0 Å². The first-order valence-corrected chi connectivity index (χ1v) is 5.62. The minimum atomic E-state index is 0. The van der Waals surface area contributed by atoms with Crippen molar-refractivity contribution in [2.24, 2.45) is 5.73 Å². The summed E-state index contributed by atoms with van der Waals surface area (Å²) in [5.41, 5.74) is 6.95. The molecule has 1 aliphatic rings. The molecule has 5 heteroatoms. The zero-order valence-electron chi connectivity index (χ0n) is 8.40. The van der Waals surface area contributed by atoms with E-state index in [1.165, 1.54) is 0 Å². The summed E-state index contributed by atoms with van der Waals surface area (Å²) < 4.78 is 1.03. The molecule has 2 rings (SSSR count). The van der Waals surface area contributed by atoms with Gasteiger partial charge in [0, 0.05) is 36.3 Å². The zero-order chi connectivity index (χ0) is 9.97. The number of likely N-dealkylation sites (tertiary alicyclic amines) is 1. The SMILES string of the molecule is Cl.NC1CCN(Cc2ccc(Br)cn2)C1. The van der Waals surface area contributed by atoms with E-state index < -0.39 is 0 Å².